The monoisotopic (exact) mass is 412 g/mol. The first-order valence-corrected chi connectivity index (χ1v) is 10.5. The summed E-state index contributed by atoms with van der Waals surface area (Å²) in [4.78, 5) is 22.1. The third-order valence-corrected chi connectivity index (χ3v) is 5.40. The summed E-state index contributed by atoms with van der Waals surface area (Å²) >= 11 is 1.39. The number of carbonyl (C=O) groups excluding carboxylic acids is 1. The quantitative estimate of drug-likeness (QED) is 0.282. The highest BCUT2D eigenvalue weighted by atomic mass is 32.1. The van der Waals surface area contributed by atoms with Crippen LogP contribution >= 0.6 is 11.3 Å². The Balaban J connectivity index is 1.88. The van der Waals surface area contributed by atoms with E-state index in [1.54, 1.807) is 6.92 Å². The van der Waals surface area contributed by atoms with E-state index in [4.69, 9.17) is 9.73 Å². The molecule has 1 aromatic heterocycles. The van der Waals surface area contributed by atoms with Crippen LogP contribution in [0.1, 0.15) is 28.5 Å². The van der Waals surface area contributed by atoms with Crippen LogP contribution in [0.25, 0.3) is 10.6 Å². The van der Waals surface area contributed by atoms with E-state index in [0.717, 1.165) is 27.4 Å². The molecule has 0 fully saturated rings. The van der Waals surface area contributed by atoms with Gasteiger partial charge < -0.3 is 4.74 Å². The molecule has 0 saturated carbocycles. The number of nitrogens with zero attached hydrogens (tertiary/aromatic N) is 2. The van der Waals surface area contributed by atoms with Gasteiger partial charge in [-0.05, 0) is 6.92 Å². The number of benzene rings is 3. The molecule has 0 radical (unpaired) electrons. The van der Waals surface area contributed by atoms with Crippen LogP contribution in [0.4, 0.5) is 5.00 Å². The molecule has 4 rings (SSSR count). The summed E-state index contributed by atoms with van der Waals surface area (Å²) in [6, 6.07) is 29.7. The second-order valence-electron chi connectivity index (χ2n) is 6.45. The third kappa shape index (κ3) is 4.36. The maximum Gasteiger partial charge on any atom is 0.360 e. The van der Waals surface area contributed by atoms with Crippen molar-refractivity contribution in [1.29, 1.82) is 0 Å². The molecule has 0 aliphatic heterocycles. The largest absolute Gasteiger partial charge is 0.461 e. The zero-order valence-corrected chi connectivity index (χ0v) is 17.3. The molecule has 30 heavy (non-hydrogen) atoms. The Morgan fingerprint density at radius 2 is 1.40 bits per heavy atom. The van der Waals surface area contributed by atoms with Gasteiger partial charge in [0.05, 0.1) is 12.3 Å². The fourth-order valence-electron chi connectivity index (χ4n) is 3.01. The van der Waals surface area contributed by atoms with E-state index < -0.39 is 5.97 Å². The van der Waals surface area contributed by atoms with Crippen LogP contribution in [0.5, 0.6) is 0 Å². The van der Waals surface area contributed by atoms with Crippen LogP contribution in [0.3, 0.4) is 0 Å². The first-order valence-electron chi connectivity index (χ1n) is 9.69. The topological polar surface area (TPSA) is 51.5 Å². The summed E-state index contributed by atoms with van der Waals surface area (Å²) in [6.07, 6.45) is 0. The number of aliphatic imine (C=N–C) groups is 1. The minimum Gasteiger partial charge on any atom is -0.461 e. The van der Waals surface area contributed by atoms with Gasteiger partial charge >= 0.3 is 5.97 Å². The van der Waals surface area contributed by atoms with Crippen LogP contribution in [0, 0.1) is 0 Å². The lowest BCUT2D eigenvalue weighted by Crippen LogP contribution is -2.07. The third-order valence-electron chi connectivity index (χ3n) is 4.41. The molecule has 0 N–H and O–H groups in total. The van der Waals surface area contributed by atoms with E-state index in [-0.39, 0.29) is 12.3 Å². The molecular formula is C25H20N2O2S. The number of rotatable bonds is 6. The van der Waals surface area contributed by atoms with E-state index in [0.29, 0.717) is 5.00 Å². The Labute approximate surface area is 179 Å². The second kappa shape index (κ2) is 9.29. The van der Waals surface area contributed by atoms with Crippen molar-refractivity contribution in [3.63, 3.8) is 0 Å². The molecule has 0 bridgehead atoms. The van der Waals surface area contributed by atoms with Crippen molar-refractivity contribution >= 4 is 28.0 Å². The predicted octanol–water partition coefficient (Wildman–Crippen LogP) is 6.16. The average molecular weight is 413 g/mol. The maximum atomic E-state index is 12.6. The Hall–Kier alpha value is -3.57. The molecule has 3 aromatic carbocycles. The van der Waals surface area contributed by atoms with Gasteiger partial charge in [0.2, 0.25) is 0 Å². The molecule has 5 heteroatoms. The highest BCUT2D eigenvalue weighted by Crippen LogP contribution is 2.35. The van der Waals surface area contributed by atoms with E-state index in [9.17, 15) is 4.79 Å². The lowest BCUT2D eigenvalue weighted by Gasteiger charge is -2.07. The summed E-state index contributed by atoms with van der Waals surface area (Å²) in [5.74, 6) is -0.463. The number of hydrogen-bond acceptors (Lipinski definition) is 5. The molecule has 1 heterocycles. The van der Waals surface area contributed by atoms with Gasteiger partial charge in [0.25, 0.3) is 0 Å². The molecule has 4 aromatic rings. The highest BCUT2D eigenvalue weighted by Gasteiger charge is 2.21. The zero-order valence-electron chi connectivity index (χ0n) is 16.5. The van der Waals surface area contributed by atoms with Crippen LogP contribution in [0.15, 0.2) is 96.0 Å². The van der Waals surface area contributed by atoms with Gasteiger partial charge in [-0.2, -0.15) is 0 Å². The number of ether oxygens (including phenoxy) is 1. The van der Waals surface area contributed by atoms with Crippen molar-refractivity contribution in [2.45, 2.75) is 6.92 Å². The molecule has 0 saturated heterocycles. The van der Waals surface area contributed by atoms with Gasteiger partial charge in [-0.3, -0.25) is 0 Å². The summed E-state index contributed by atoms with van der Waals surface area (Å²) in [6.45, 7) is 2.06. The van der Waals surface area contributed by atoms with E-state index >= 15 is 0 Å². The summed E-state index contributed by atoms with van der Waals surface area (Å²) in [5, 5.41) is 1.27. The molecule has 0 atom stereocenters. The molecular weight excluding hydrogens is 392 g/mol. The predicted molar refractivity (Wildman–Crippen MR) is 122 cm³/mol. The van der Waals surface area contributed by atoms with Crippen molar-refractivity contribution < 1.29 is 9.53 Å². The van der Waals surface area contributed by atoms with Crippen molar-refractivity contribution in [3.8, 4) is 10.6 Å². The minimum atomic E-state index is -0.463. The number of carbonyl (C=O) groups is 1. The van der Waals surface area contributed by atoms with Crippen molar-refractivity contribution in [3.05, 3.63) is 108 Å². The molecule has 0 amide bonds. The molecule has 148 valence electrons. The average Bonchev–Trinajstić information content (AvgIpc) is 3.23. The Morgan fingerprint density at radius 1 is 0.867 bits per heavy atom. The van der Waals surface area contributed by atoms with Gasteiger partial charge in [0, 0.05) is 16.7 Å². The van der Waals surface area contributed by atoms with E-state index in [2.05, 4.69) is 4.98 Å². The second-order valence-corrected chi connectivity index (χ2v) is 7.43. The van der Waals surface area contributed by atoms with Gasteiger partial charge in [-0.15, -0.1) is 0 Å². The number of thiazole rings is 1. The van der Waals surface area contributed by atoms with Crippen LogP contribution in [0.2, 0.25) is 0 Å². The number of hydrogen-bond donors (Lipinski definition) is 0. The summed E-state index contributed by atoms with van der Waals surface area (Å²) in [7, 11) is 0. The Morgan fingerprint density at radius 3 is 1.93 bits per heavy atom. The lowest BCUT2D eigenvalue weighted by atomic mass is 10.0. The first kappa shape index (κ1) is 19.7. The summed E-state index contributed by atoms with van der Waals surface area (Å²) in [5.41, 5.74) is 3.90. The molecule has 0 aliphatic carbocycles. The molecule has 4 nitrogen and oxygen atoms in total. The minimum absolute atomic E-state index is 0.241. The Bertz CT molecular complexity index is 1110. The number of esters is 1. The molecule has 0 spiro atoms. The van der Waals surface area contributed by atoms with Gasteiger partial charge in [-0.25, -0.2) is 14.8 Å². The van der Waals surface area contributed by atoms with E-state index in [1.165, 1.54) is 11.3 Å². The van der Waals surface area contributed by atoms with Crippen molar-refractivity contribution in [2.24, 2.45) is 4.99 Å². The van der Waals surface area contributed by atoms with Gasteiger partial charge in [0.15, 0.2) is 10.7 Å². The highest BCUT2D eigenvalue weighted by molar-refractivity contribution is 7.19. The Kier molecular flexibility index (Phi) is 6.11. The fraction of sp³-hybridized carbons (Fsp3) is 0.0800. The number of aromatic nitrogens is 1. The van der Waals surface area contributed by atoms with Crippen LogP contribution in [-0.2, 0) is 4.74 Å². The normalized spacial score (nSPS) is 10.4. The molecule has 0 unspecified atom stereocenters. The first-order chi connectivity index (χ1) is 14.8. The van der Waals surface area contributed by atoms with Crippen molar-refractivity contribution in [2.75, 3.05) is 6.61 Å². The van der Waals surface area contributed by atoms with E-state index in [1.807, 2.05) is 91.0 Å². The lowest BCUT2D eigenvalue weighted by molar-refractivity contribution is 0.0521. The van der Waals surface area contributed by atoms with Gasteiger partial charge in [0.1, 0.15) is 5.01 Å². The van der Waals surface area contributed by atoms with Crippen molar-refractivity contribution in [1.82, 2.24) is 4.98 Å². The standard InChI is InChI=1S/C25H20N2O2S/c1-2-29-25(28)22-24(30-23(27-22)20-16-10-5-11-17-20)26-21(18-12-6-3-7-13-18)19-14-8-4-9-15-19/h3-17H,2H2,1H3. The summed E-state index contributed by atoms with van der Waals surface area (Å²) < 4.78 is 5.25. The fourth-order valence-corrected chi connectivity index (χ4v) is 3.95. The van der Waals surface area contributed by atoms with Crippen LogP contribution in [-0.4, -0.2) is 23.3 Å². The zero-order chi connectivity index (χ0) is 20.8. The smallest absolute Gasteiger partial charge is 0.360 e. The SMILES string of the molecule is CCOC(=O)c1nc(-c2ccccc2)sc1N=C(c1ccccc1)c1ccccc1. The van der Waals surface area contributed by atoms with Crippen LogP contribution < -0.4 is 0 Å². The molecule has 0 aliphatic rings. The van der Waals surface area contributed by atoms with Gasteiger partial charge in [-0.1, -0.05) is 102 Å². The maximum absolute atomic E-state index is 12.6.